The molecule has 1 N–H and O–H groups in total. The molecule has 0 radical (unpaired) electrons. The number of para-hydroxylation sites is 1. The molecule has 1 amide bonds. The number of piperazine rings is 1. The highest BCUT2D eigenvalue weighted by atomic mass is 16.3. The molecule has 0 aliphatic carbocycles. The Balaban J connectivity index is 1.35. The summed E-state index contributed by atoms with van der Waals surface area (Å²) in [6.07, 6.45) is 3.49. The highest BCUT2D eigenvalue weighted by molar-refractivity contribution is 5.92. The summed E-state index contributed by atoms with van der Waals surface area (Å²) >= 11 is 0. The van der Waals surface area contributed by atoms with E-state index in [4.69, 9.17) is 0 Å². The van der Waals surface area contributed by atoms with Crippen LogP contribution in [0.1, 0.15) is 23.3 Å². The van der Waals surface area contributed by atoms with Crippen LogP contribution in [-0.2, 0) is 0 Å². The van der Waals surface area contributed by atoms with Gasteiger partial charge in [-0.1, -0.05) is 18.2 Å². The molecule has 2 aliphatic rings. The number of aromatic hydroxyl groups is 1. The molecule has 6 heteroatoms. The van der Waals surface area contributed by atoms with Crippen molar-refractivity contribution in [2.45, 2.75) is 18.9 Å². The summed E-state index contributed by atoms with van der Waals surface area (Å²) in [7, 11) is 0. The van der Waals surface area contributed by atoms with Gasteiger partial charge in [0.05, 0.1) is 6.20 Å². The molecule has 0 bridgehead atoms. The third-order valence-corrected chi connectivity index (χ3v) is 5.60. The average Bonchev–Trinajstić information content (AvgIpc) is 2.75. The van der Waals surface area contributed by atoms with E-state index in [1.54, 1.807) is 6.07 Å². The molecule has 1 aromatic carbocycles. The van der Waals surface area contributed by atoms with Crippen LogP contribution in [0.3, 0.4) is 0 Å². The largest absolute Gasteiger partial charge is 0.506 e. The first-order chi connectivity index (χ1) is 13.2. The average molecular weight is 366 g/mol. The van der Waals surface area contributed by atoms with Crippen molar-refractivity contribution < 1.29 is 9.90 Å². The lowest BCUT2D eigenvalue weighted by molar-refractivity contribution is 0.0558. The fourth-order valence-corrected chi connectivity index (χ4v) is 4.10. The number of nitrogens with zero attached hydrogens (tertiary/aromatic N) is 4. The van der Waals surface area contributed by atoms with Crippen molar-refractivity contribution in [1.82, 2.24) is 14.8 Å². The van der Waals surface area contributed by atoms with Gasteiger partial charge in [0.15, 0.2) is 0 Å². The maximum atomic E-state index is 12.7. The van der Waals surface area contributed by atoms with Gasteiger partial charge in [-0.2, -0.15) is 0 Å². The molecule has 1 atom stereocenters. The molecule has 1 aromatic heterocycles. The van der Waals surface area contributed by atoms with Gasteiger partial charge in [0.2, 0.25) is 0 Å². The van der Waals surface area contributed by atoms with Gasteiger partial charge in [0.25, 0.3) is 5.91 Å². The number of pyridine rings is 1. The minimum atomic E-state index is -0.0392. The van der Waals surface area contributed by atoms with Gasteiger partial charge in [-0.3, -0.25) is 9.69 Å². The summed E-state index contributed by atoms with van der Waals surface area (Å²) in [5, 5.41) is 9.37. The molecule has 0 spiro atoms. The van der Waals surface area contributed by atoms with E-state index in [-0.39, 0.29) is 11.7 Å². The van der Waals surface area contributed by atoms with E-state index in [0.717, 1.165) is 52.1 Å². The fraction of sp³-hybridized carbons (Fsp3) is 0.429. The lowest BCUT2D eigenvalue weighted by Gasteiger charge is -2.43. The molecule has 142 valence electrons. The number of piperidine rings is 1. The summed E-state index contributed by atoms with van der Waals surface area (Å²) < 4.78 is 0. The maximum absolute atomic E-state index is 12.7. The predicted molar refractivity (Wildman–Crippen MR) is 105 cm³/mol. The second-order valence-electron chi connectivity index (χ2n) is 7.31. The van der Waals surface area contributed by atoms with E-state index in [2.05, 4.69) is 45.1 Å². The van der Waals surface area contributed by atoms with Crippen LogP contribution in [-0.4, -0.2) is 71.1 Å². The molecule has 6 nitrogen and oxygen atoms in total. The Kier molecular flexibility index (Phi) is 5.25. The normalized spacial score (nSPS) is 21.3. The Morgan fingerprint density at radius 2 is 1.78 bits per heavy atom. The van der Waals surface area contributed by atoms with Crippen LogP contribution < -0.4 is 4.90 Å². The molecule has 2 aliphatic heterocycles. The SMILES string of the molecule is O=C(c1ccc(O)cn1)N1CCCC(N2CCN(c3ccccc3)CC2)C1. The molecule has 2 saturated heterocycles. The van der Waals surface area contributed by atoms with Crippen molar-refractivity contribution in [3.05, 3.63) is 54.4 Å². The highest BCUT2D eigenvalue weighted by Gasteiger charge is 2.30. The molecule has 3 heterocycles. The van der Waals surface area contributed by atoms with Crippen LogP contribution >= 0.6 is 0 Å². The molecule has 4 rings (SSSR count). The number of aromatic nitrogens is 1. The van der Waals surface area contributed by atoms with E-state index in [0.29, 0.717) is 11.7 Å². The van der Waals surface area contributed by atoms with E-state index < -0.39 is 0 Å². The minimum absolute atomic E-state index is 0.0392. The van der Waals surface area contributed by atoms with Gasteiger partial charge in [-0.05, 0) is 37.1 Å². The van der Waals surface area contributed by atoms with Gasteiger partial charge in [0.1, 0.15) is 11.4 Å². The first-order valence-corrected chi connectivity index (χ1v) is 9.69. The maximum Gasteiger partial charge on any atom is 0.272 e. The number of rotatable bonds is 3. The Morgan fingerprint density at radius 3 is 2.48 bits per heavy atom. The number of likely N-dealkylation sites (tertiary alicyclic amines) is 1. The van der Waals surface area contributed by atoms with Gasteiger partial charge in [-0.15, -0.1) is 0 Å². The van der Waals surface area contributed by atoms with Crippen molar-refractivity contribution in [3.63, 3.8) is 0 Å². The van der Waals surface area contributed by atoms with E-state index in [9.17, 15) is 9.90 Å². The Labute approximate surface area is 160 Å². The number of hydrogen-bond donors (Lipinski definition) is 1. The van der Waals surface area contributed by atoms with E-state index in [1.807, 2.05) is 4.90 Å². The lowest BCUT2D eigenvalue weighted by Crippen LogP contribution is -2.56. The second-order valence-corrected chi connectivity index (χ2v) is 7.31. The number of carbonyl (C=O) groups excluding carboxylic acids is 1. The van der Waals surface area contributed by atoms with Crippen molar-refractivity contribution >= 4 is 11.6 Å². The smallest absolute Gasteiger partial charge is 0.272 e. The van der Waals surface area contributed by atoms with Gasteiger partial charge in [-0.25, -0.2) is 4.98 Å². The summed E-state index contributed by atoms with van der Waals surface area (Å²) in [6, 6.07) is 14.1. The Bertz CT molecular complexity index is 758. The minimum Gasteiger partial charge on any atom is -0.506 e. The standard InChI is InChI=1S/C21H26N4O2/c26-19-8-9-20(22-15-19)21(27)25-10-4-7-18(16-25)24-13-11-23(12-14-24)17-5-2-1-3-6-17/h1-3,5-6,8-9,15,18,26H,4,7,10-14,16H2. The highest BCUT2D eigenvalue weighted by Crippen LogP contribution is 2.22. The number of benzene rings is 1. The van der Waals surface area contributed by atoms with Crippen LogP contribution in [0.15, 0.2) is 48.7 Å². The third-order valence-electron chi connectivity index (χ3n) is 5.60. The Hall–Kier alpha value is -2.60. The quantitative estimate of drug-likeness (QED) is 0.903. The van der Waals surface area contributed by atoms with E-state index >= 15 is 0 Å². The topological polar surface area (TPSA) is 59.9 Å². The molecular weight excluding hydrogens is 340 g/mol. The second kappa shape index (κ2) is 7.96. The zero-order valence-electron chi connectivity index (χ0n) is 15.5. The van der Waals surface area contributed by atoms with Crippen molar-refractivity contribution in [3.8, 4) is 5.75 Å². The predicted octanol–water partition coefficient (Wildman–Crippen LogP) is 2.21. The van der Waals surface area contributed by atoms with Crippen LogP contribution in [0.4, 0.5) is 5.69 Å². The molecule has 1 unspecified atom stereocenters. The number of hydrogen-bond acceptors (Lipinski definition) is 5. The Morgan fingerprint density at radius 1 is 1.00 bits per heavy atom. The van der Waals surface area contributed by atoms with Crippen molar-refractivity contribution in [1.29, 1.82) is 0 Å². The molecular formula is C21H26N4O2. The summed E-state index contributed by atoms with van der Waals surface area (Å²) in [4.78, 5) is 23.7. The summed E-state index contributed by atoms with van der Waals surface area (Å²) in [5.74, 6) is 0.0435. The van der Waals surface area contributed by atoms with Crippen LogP contribution in [0, 0.1) is 0 Å². The number of carbonyl (C=O) groups is 1. The third kappa shape index (κ3) is 4.06. The lowest BCUT2D eigenvalue weighted by atomic mass is 10.0. The zero-order valence-corrected chi connectivity index (χ0v) is 15.5. The molecule has 0 saturated carbocycles. The van der Waals surface area contributed by atoms with Crippen LogP contribution in [0.2, 0.25) is 0 Å². The van der Waals surface area contributed by atoms with Gasteiger partial charge in [0, 0.05) is 51.0 Å². The number of anilines is 1. The molecule has 2 fully saturated rings. The van der Waals surface area contributed by atoms with Gasteiger partial charge < -0.3 is 14.9 Å². The summed E-state index contributed by atoms with van der Waals surface area (Å²) in [6.45, 7) is 5.63. The van der Waals surface area contributed by atoms with Crippen molar-refractivity contribution in [2.24, 2.45) is 0 Å². The molecule has 2 aromatic rings. The fourth-order valence-electron chi connectivity index (χ4n) is 4.10. The summed E-state index contributed by atoms with van der Waals surface area (Å²) in [5.41, 5.74) is 1.69. The van der Waals surface area contributed by atoms with E-state index in [1.165, 1.54) is 18.0 Å². The number of amides is 1. The molecule has 27 heavy (non-hydrogen) atoms. The van der Waals surface area contributed by atoms with Gasteiger partial charge >= 0.3 is 0 Å². The van der Waals surface area contributed by atoms with Crippen molar-refractivity contribution in [2.75, 3.05) is 44.2 Å². The first-order valence-electron chi connectivity index (χ1n) is 9.69. The first kappa shape index (κ1) is 17.8. The van der Waals surface area contributed by atoms with Crippen LogP contribution in [0.25, 0.3) is 0 Å². The monoisotopic (exact) mass is 366 g/mol. The van der Waals surface area contributed by atoms with Crippen LogP contribution in [0.5, 0.6) is 5.75 Å². The zero-order chi connectivity index (χ0) is 18.6.